The molecule has 0 aromatic heterocycles. The lowest BCUT2D eigenvalue weighted by atomic mass is 10.1. The van der Waals surface area contributed by atoms with Crippen LogP contribution < -0.4 is 16.0 Å². The summed E-state index contributed by atoms with van der Waals surface area (Å²) in [6.07, 6.45) is 3.30. The van der Waals surface area contributed by atoms with Crippen LogP contribution in [0.3, 0.4) is 0 Å². The van der Waals surface area contributed by atoms with Crippen molar-refractivity contribution in [2.45, 2.75) is 78.0 Å². The van der Waals surface area contributed by atoms with Crippen LogP contribution >= 0.6 is 0 Å². The molecule has 3 N–H and O–H groups in total. The molecule has 134 valence electrons. The molecule has 6 nitrogen and oxygen atoms in total. The third-order valence-electron chi connectivity index (χ3n) is 3.66. The van der Waals surface area contributed by atoms with Crippen molar-refractivity contribution in [1.29, 1.82) is 0 Å². The average Bonchev–Trinajstić information content (AvgIpc) is 3.09. The van der Waals surface area contributed by atoms with Crippen LogP contribution in [-0.4, -0.2) is 42.8 Å². The van der Waals surface area contributed by atoms with Gasteiger partial charge in [0.1, 0.15) is 5.60 Å². The fourth-order valence-electron chi connectivity index (χ4n) is 2.41. The fraction of sp³-hybridized carbons (Fsp3) is 0.882. The molecule has 0 aromatic carbocycles. The van der Waals surface area contributed by atoms with Crippen molar-refractivity contribution < 1.29 is 9.53 Å². The van der Waals surface area contributed by atoms with E-state index < -0.39 is 17.2 Å². The van der Waals surface area contributed by atoms with Crippen LogP contribution in [0.5, 0.6) is 0 Å². The van der Waals surface area contributed by atoms with Gasteiger partial charge in [-0.1, -0.05) is 13.3 Å². The van der Waals surface area contributed by atoms with Crippen molar-refractivity contribution in [1.82, 2.24) is 16.0 Å². The lowest BCUT2D eigenvalue weighted by Crippen LogP contribution is -2.54. The van der Waals surface area contributed by atoms with E-state index in [-0.39, 0.29) is 0 Å². The number of amides is 1. The number of hydrogen-bond acceptors (Lipinski definition) is 3. The van der Waals surface area contributed by atoms with Crippen LogP contribution in [0.2, 0.25) is 0 Å². The molecule has 0 aromatic rings. The van der Waals surface area contributed by atoms with Crippen molar-refractivity contribution >= 4 is 12.1 Å². The van der Waals surface area contributed by atoms with Gasteiger partial charge in [0, 0.05) is 19.6 Å². The highest BCUT2D eigenvalue weighted by atomic mass is 16.6. The molecule has 0 spiro atoms. The first-order valence-corrected chi connectivity index (χ1v) is 8.54. The number of rotatable bonds is 6. The molecule has 2 unspecified atom stereocenters. The minimum absolute atomic E-state index is 0.405. The van der Waals surface area contributed by atoms with E-state index in [9.17, 15) is 4.79 Å². The van der Waals surface area contributed by atoms with Crippen molar-refractivity contribution in [3.05, 3.63) is 0 Å². The molecule has 0 aliphatic heterocycles. The molecule has 1 fully saturated rings. The Morgan fingerprint density at radius 2 is 1.91 bits per heavy atom. The molecular weight excluding hydrogens is 292 g/mol. The summed E-state index contributed by atoms with van der Waals surface area (Å²) in [5.74, 6) is 1.55. The highest BCUT2D eigenvalue weighted by Gasteiger charge is 2.36. The molecule has 1 saturated carbocycles. The van der Waals surface area contributed by atoms with E-state index in [2.05, 4.69) is 27.9 Å². The summed E-state index contributed by atoms with van der Waals surface area (Å²) in [7, 11) is 1.76. The number of carbonyl (C=O) groups excluding carboxylic acids is 1. The number of nitrogens with one attached hydrogen (secondary N) is 3. The third kappa shape index (κ3) is 8.09. The fourth-order valence-corrected chi connectivity index (χ4v) is 2.41. The van der Waals surface area contributed by atoms with Crippen LogP contribution in [0.1, 0.15) is 60.8 Å². The molecule has 23 heavy (non-hydrogen) atoms. The van der Waals surface area contributed by atoms with Crippen LogP contribution in [0.25, 0.3) is 0 Å². The molecule has 6 heteroatoms. The molecule has 0 bridgehead atoms. The van der Waals surface area contributed by atoms with Gasteiger partial charge in [-0.15, -0.1) is 0 Å². The van der Waals surface area contributed by atoms with Gasteiger partial charge in [0.2, 0.25) is 0 Å². The van der Waals surface area contributed by atoms with Crippen LogP contribution in [-0.2, 0) is 4.74 Å². The van der Waals surface area contributed by atoms with Crippen molar-refractivity contribution in [2.75, 3.05) is 13.6 Å². The van der Waals surface area contributed by atoms with E-state index >= 15 is 0 Å². The maximum atomic E-state index is 11.9. The summed E-state index contributed by atoms with van der Waals surface area (Å²) >= 11 is 0. The van der Waals surface area contributed by atoms with E-state index in [1.807, 2.05) is 34.6 Å². The Balaban J connectivity index is 2.37. The largest absolute Gasteiger partial charge is 0.444 e. The second-order valence-electron chi connectivity index (χ2n) is 7.97. The minimum Gasteiger partial charge on any atom is -0.444 e. The first kappa shape index (κ1) is 19.6. The smallest absolute Gasteiger partial charge is 0.408 e. The summed E-state index contributed by atoms with van der Waals surface area (Å²) in [5.41, 5.74) is -0.933. The van der Waals surface area contributed by atoms with Crippen LogP contribution in [0.4, 0.5) is 4.79 Å². The number of alkyl carbamates (subject to hydrolysis) is 1. The monoisotopic (exact) mass is 326 g/mol. The molecule has 1 amide bonds. The second kappa shape index (κ2) is 7.88. The Labute approximate surface area is 140 Å². The van der Waals surface area contributed by atoms with E-state index in [1.54, 1.807) is 7.05 Å². The van der Waals surface area contributed by atoms with E-state index in [1.165, 1.54) is 19.3 Å². The number of ether oxygens (including phenoxy) is 1. The number of aliphatic imine (C=N–C) groups is 1. The first-order chi connectivity index (χ1) is 10.6. The lowest BCUT2D eigenvalue weighted by Gasteiger charge is -2.29. The molecule has 1 rings (SSSR count). The van der Waals surface area contributed by atoms with E-state index in [0.717, 1.165) is 11.9 Å². The zero-order valence-corrected chi connectivity index (χ0v) is 15.7. The average molecular weight is 326 g/mol. The summed E-state index contributed by atoms with van der Waals surface area (Å²) in [5, 5.41) is 9.60. The van der Waals surface area contributed by atoms with Gasteiger partial charge in [-0.2, -0.15) is 0 Å². The summed E-state index contributed by atoms with van der Waals surface area (Å²) < 4.78 is 5.30. The Hall–Kier alpha value is -1.46. The lowest BCUT2D eigenvalue weighted by molar-refractivity contribution is 0.0474. The normalized spacial score (nSPS) is 21.6. The van der Waals surface area contributed by atoms with Gasteiger partial charge in [-0.05, 0) is 53.4 Å². The number of nitrogens with zero attached hydrogens (tertiary/aromatic N) is 1. The predicted octanol–water partition coefficient (Wildman–Crippen LogP) is 2.64. The van der Waals surface area contributed by atoms with Gasteiger partial charge in [-0.25, -0.2) is 4.79 Å². The summed E-state index contributed by atoms with van der Waals surface area (Å²) in [6, 6.07) is 0.531. The van der Waals surface area contributed by atoms with Crippen molar-refractivity contribution in [2.24, 2.45) is 10.9 Å². The Bertz CT molecular complexity index is 427. The SMILES string of the molecule is CCCC1CC1NC(=NC)NCC(C)(C)NC(=O)OC(C)(C)C. The molecular formula is C17H34N4O2. The zero-order chi connectivity index (χ0) is 17.7. The highest BCUT2D eigenvalue weighted by molar-refractivity contribution is 5.80. The Kier molecular flexibility index (Phi) is 6.71. The number of hydrogen-bond donors (Lipinski definition) is 3. The maximum absolute atomic E-state index is 11.9. The van der Waals surface area contributed by atoms with Gasteiger partial charge in [0.15, 0.2) is 5.96 Å². The summed E-state index contributed by atoms with van der Waals surface area (Å²) in [6.45, 7) is 12.2. The minimum atomic E-state index is -0.495. The number of guanidine groups is 1. The van der Waals surface area contributed by atoms with E-state index in [4.69, 9.17) is 4.74 Å². The Morgan fingerprint density at radius 3 is 2.43 bits per heavy atom. The third-order valence-corrected chi connectivity index (χ3v) is 3.66. The quantitative estimate of drug-likeness (QED) is 0.518. The topological polar surface area (TPSA) is 74.8 Å². The van der Waals surface area contributed by atoms with Gasteiger partial charge in [0.25, 0.3) is 0 Å². The van der Waals surface area contributed by atoms with Gasteiger partial charge in [-0.3, -0.25) is 4.99 Å². The van der Waals surface area contributed by atoms with Crippen LogP contribution in [0.15, 0.2) is 4.99 Å². The molecule has 0 heterocycles. The van der Waals surface area contributed by atoms with Crippen molar-refractivity contribution in [3.63, 3.8) is 0 Å². The molecule has 1 aliphatic rings. The second-order valence-corrected chi connectivity index (χ2v) is 7.97. The molecule has 0 radical (unpaired) electrons. The van der Waals surface area contributed by atoms with E-state index in [0.29, 0.717) is 12.6 Å². The standard InChI is InChI=1S/C17H34N4O2/c1-8-9-12-10-13(12)20-14(18-7)19-11-17(5,6)21-15(22)23-16(2,3)4/h12-13H,8-11H2,1-7H3,(H,21,22)(H2,18,19,20). The van der Waals surface area contributed by atoms with Crippen molar-refractivity contribution in [3.8, 4) is 0 Å². The molecule has 1 aliphatic carbocycles. The Morgan fingerprint density at radius 1 is 1.26 bits per heavy atom. The maximum Gasteiger partial charge on any atom is 0.408 e. The first-order valence-electron chi connectivity index (χ1n) is 8.54. The highest BCUT2D eigenvalue weighted by Crippen LogP contribution is 2.34. The predicted molar refractivity (Wildman–Crippen MR) is 94.7 cm³/mol. The zero-order valence-electron chi connectivity index (χ0n) is 15.7. The summed E-state index contributed by atoms with van der Waals surface area (Å²) in [4.78, 5) is 16.1. The van der Waals surface area contributed by atoms with Gasteiger partial charge >= 0.3 is 6.09 Å². The van der Waals surface area contributed by atoms with Gasteiger partial charge in [0.05, 0.1) is 5.54 Å². The number of carbonyl (C=O) groups is 1. The molecule has 0 saturated heterocycles. The van der Waals surface area contributed by atoms with Gasteiger partial charge < -0.3 is 20.7 Å². The molecule has 2 atom stereocenters. The van der Waals surface area contributed by atoms with Crippen LogP contribution in [0, 0.1) is 5.92 Å².